The van der Waals surface area contributed by atoms with Gasteiger partial charge in [-0.15, -0.1) is 0 Å². The van der Waals surface area contributed by atoms with E-state index < -0.39 is 9.05 Å². The van der Waals surface area contributed by atoms with E-state index in [-0.39, 0.29) is 16.5 Å². The molecule has 0 atom stereocenters. The summed E-state index contributed by atoms with van der Waals surface area (Å²) in [6, 6.07) is 3.91. The number of aryl methyl sites for hydroxylation is 1. The molecule has 0 saturated carbocycles. The quantitative estimate of drug-likeness (QED) is 0.804. The molecule has 0 aliphatic carbocycles. The van der Waals surface area contributed by atoms with Gasteiger partial charge in [0, 0.05) is 17.6 Å². The van der Waals surface area contributed by atoms with Crippen LogP contribution in [0.15, 0.2) is 27.6 Å². The molecule has 1 heterocycles. The number of aromatic nitrogens is 2. The monoisotopic (exact) mass is 322 g/mol. The molecule has 0 radical (unpaired) electrons. The van der Waals surface area contributed by atoms with Gasteiger partial charge >= 0.3 is 0 Å². The second-order valence-electron chi connectivity index (χ2n) is 3.55. The van der Waals surface area contributed by atoms with Gasteiger partial charge in [0.1, 0.15) is 5.75 Å². The van der Waals surface area contributed by atoms with Crippen LogP contribution in [0.25, 0.3) is 0 Å². The highest BCUT2D eigenvalue weighted by molar-refractivity contribution is 8.13. The Labute approximate surface area is 118 Å². The topological polar surface area (TPSA) is 82.3 Å². The molecule has 0 spiro atoms. The van der Waals surface area contributed by atoms with Crippen LogP contribution < -0.4 is 4.74 Å². The summed E-state index contributed by atoms with van der Waals surface area (Å²) >= 11 is 5.89. The van der Waals surface area contributed by atoms with Gasteiger partial charge in [0.2, 0.25) is 11.7 Å². The lowest BCUT2D eigenvalue weighted by Crippen LogP contribution is -1.99. The normalized spacial score (nSPS) is 11.5. The Hall–Kier alpha value is -1.31. The predicted octanol–water partition coefficient (Wildman–Crippen LogP) is 2.54. The van der Waals surface area contributed by atoms with Crippen LogP contribution in [-0.4, -0.2) is 18.6 Å². The van der Waals surface area contributed by atoms with E-state index in [9.17, 15) is 8.42 Å². The van der Waals surface area contributed by atoms with Crippen LogP contribution in [0, 0.1) is 6.92 Å². The fourth-order valence-corrected chi connectivity index (χ4v) is 2.37. The zero-order chi connectivity index (χ0) is 14.0. The summed E-state index contributed by atoms with van der Waals surface area (Å²) in [5.74, 6) is 1.09. The van der Waals surface area contributed by atoms with Gasteiger partial charge < -0.3 is 9.26 Å². The predicted molar refractivity (Wildman–Crippen MR) is 67.9 cm³/mol. The van der Waals surface area contributed by atoms with Crippen molar-refractivity contribution in [2.24, 2.45) is 0 Å². The number of benzene rings is 1. The summed E-state index contributed by atoms with van der Waals surface area (Å²) in [4.78, 5) is 3.85. The first-order valence-electron chi connectivity index (χ1n) is 5.02. The molecule has 0 saturated heterocycles. The molecule has 0 aliphatic rings. The Morgan fingerprint density at radius 3 is 2.68 bits per heavy atom. The lowest BCUT2D eigenvalue weighted by atomic mass is 10.3. The zero-order valence-electron chi connectivity index (χ0n) is 9.63. The molecule has 0 N–H and O–H groups in total. The second-order valence-corrected chi connectivity index (χ2v) is 6.52. The minimum atomic E-state index is -3.81. The number of hydrogen-bond acceptors (Lipinski definition) is 6. The van der Waals surface area contributed by atoms with E-state index in [0.29, 0.717) is 17.5 Å². The zero-order valence-corrected chi connectivity index (χ0v) is 12.0. The van der Waals surface area contributed by atoms with Crippen LogP contribution in [0.3, 0.4) is 0 Å². The summed E-state index contributed by atoms with van der Waals surface area (Å²) in [5, 5.41) is 3.77. The van der Waals surface area contributed by atoms with Crippen molar-refractivity contribution in [3.63, 3.8) is 0 Å². The van der Waals surface area contributed by atoms with Crippen molar-refractivity contribution in [1.82, 2.24) is 10.1 Å². The van der Waals surface area contributed by atoms with Crippen LogP contribution in [-0.2, 0) is 15.7 Å². The van der Waals surface area contributed by atoms with Crippen LogP contribution >= 0.6 is 22.3 Å². The largest absolute Gasteiger partial charge is 0.484 e. The Kier molecular flexibility index (Phi) is 3.98. The Balaban J connectivity index is 2.14. The van der Waals surface area contributed by atoms with Gasteiger partial charge in [-0.1, -0.05) is 16.8 Å². The molecular weight excluding hydrogens is 315 g/mol. The van der Waals surface area contributed by atoms with E-state index in [1.807, 2.05) is 0 Å². The molecule has 0 amide bonds. The van der Waals surface area contributed by atoms with E-state index in [1.54, 1.807) is 6.92 Å². The molecule has 0 aliphatic heterocycles. The van der Waals surface area contributed by atoms with Crippen molar-refractivity contribution in [2.45, 2.75) is 18.4 Å². The van der Waals surface area contributed by atoms with Gasteiger partial charge in [-0.25, -0.2) is 8.42 Å². The molecule has 19 heavy (non-hydrogen) atoms. The molecule has 0 unspecified atom stereocenters. The number of rotatable bonds is 4. The lowest BCUT2D eigenvalue weighted by molar-refractivity contribution is 0.285. The molecule has 102 valence electrons. The van der Waals surface area contributed by atoms with Crippen molar-refractivity contribution < 1.29 is 17.7 Å². The first-order valence-corrected chi connectivity index (χ1v) is 7.71. The average Bonchev–Trinajstić information content (AvgIpc) is 2.72. The van der Waals surface area contributed by atoms with Crippen molar-refractivity contribution >= 4 is 31.3 Å². The van der Waals surface area contributed by atoms with Crippen molar-refractivity contribution in [1.29, 1.82) is 0 Å². The molecule has 0 bridgehead atoms. The lowest BCUT2D eigenvalue weighted by Gasteiger charge is -2.06. The van der Waals surface area contributed by atoms with Crippen LogP contribution in [0.5, 0.6) is 5.75 Å². The summed E-state index contributed by atoms with van der Waals surface area (Å²) in [5.41, 5.74) is 0. The summed E-state index contributed by atoms with van der Waals surface area (Å²) in [6.45, 7) is 1.72. The number of halogens is 2. The number of hydrogen-bond donors (Lipinski definition) is 0. The average molecular weight is 323 g/mol. The first-order chi connectivity index (χ1) is 8.86. The number of nitrogens with zero attached hydrogens (tertiary/aromatic N) is 2. The third-order valence-corrected chi connectivity index (χ3v) is 3.76. The molecule has 9 heteroatoms. The van der Waals surface area contributed by atoms with Gasteiger partial charge in [-0.05, 0) is 18.2 Å². The van der Waals surface area contributed by atoms with Gasteiger partial charge in [-0.2, -0.15) is 4.98 Å². The summed E-state index contributed by atoms with van der Waals surface area (Å²) in [6.07, 6.45) is 0. The highest BCUT2D eigenvalue weighted by atomic mass is 35.7. The van der Waals surface area contributed by atoms with E-state index in [1.165, 1.54) is 18.2 Å². The van der Waals surface area contributed by atoms with E-state index in [4.69, 9.17) is 31.5 Å². The minimum Gasteiger partial charge on any atom is -0.484 e. The third kappa shape index (κ3) is 3.59. The maximum atomic E-state index is 11.1. The van der Waals surface area contributed by atoms with E-state index >= 15 is 0 Å². The van der Waals surface area contributed by atoms with E-state index in [2.05, 4.69) is 10.1 Å². The Morgan fingerprint density at radius 1 is 1.42 bits per heavy atom. The van der Waals surface area contributed by atoms with E-state index in [0.717, 1.165) is 0 Å². The first kappa shape index (κ1) is 14.1. The maximum absolute atomic E-state index is 11.1. The van der Waals surface area contributed by atoms with Gasteiger partial charge in [0.25, 0.3) is 9.05 Å². The molecule has 6 nitrogen and oxygen atoms in total. The fraction of sp³-hybridized carbons (Fsp3) is 0.200. The van der Waals surface area contributed by atoms with Crippen molar-refractivity contribution in [3.05, 3.63) is 34.9 Å². The van der Waals surface area contributed by atoms with Crippen LogP contribution in [0.4, 0.5) is 0 Å². The Morgan fingerprint density at radius 2 is 2.16 bits per heavy atom. The molecule has 1 aromatic heterocycles. The van der Waals surface area contributed by atoms with Gasteiger partial charge in [0.15, 0.2) is 6.61 Å². The van der Waals surface area contributed by atoms with Crippen molar-refractivity contribution in [2.75, 3.05) is 0 Å². The molecule has 1 aromatic carbocycles. The Bertz CT molecular complexity index is 699. The maximum Gasteiger partial charge on any atom is 0.261 e. The highest BCUT2D eigenvalue weighted by Crippen LogP contribution is 2.29. The summed E-state index contributed by atoms with van der Waals surface area (Å²) < 4.78 is 32.3. The van der Waals surface area contributed by atoms with Gasteiger partial charge in [-0.3, -0.25) is 0 Å². The number of ether oxygens (including phenoxy) is 1. The molecule has 2 aromatic rings. The third-order valence-electron chi connectivity index (χ3n) is 2.11. The fourth-order valence-electron chi connectivity index (χ4n) is 1.29. The highest BCUT2D eigenvalue weighted by Gasteiger charge is 2.13. The molecule has 0 fully saturated rings. The summed E-state index contributed by atoms with van der Waals surface area (Å²) in [7, 11) is 1.39. The second kappa shape index (κ2) is 5.36. The smallest absolute Gasteiger partial charge is 0.261 e. The molecular formula is C10H8Cl2N2O4S. The molecule has 2 rings (SSSR count). The SMILES string of the molecule is Cc1nc(COc2ccc(S(=O)(=O)Cl)cc2Cl)no1. The van der Waals surface area contributed by atoms with Gasteiger partial charge in [0.05, 0.1) is 9.92 Å². The minimum absolute atomic E-state index is 0.0596. The van der Waals surface area contributed by atoms with Crippen molar-refractivity contribution in [3.8, 4) is 5.75 Å². The van der Waals surface area contributed by atoms with Crippen LogP contribution in [0.1, 0.15) is 11.7 Å². The van der Waals surface area contributed by atoms with Crippen LogP contribution in [0.2, 0.25) is 5.02 Å². The standard InChI is InChI=1S/C10H8Cl2N2O4S/c1-6-13-10(14-18-6)5-17-9-3-2-7(4-8(9)11)19(12,15)16/h2-4H,5H2,1H3.